The summed E-state index contributed by atoms with van der Waals surface area (Å²) in [6, 6.07) is 8.42. The average molecular weight is 250 g/mol. The molecule has 1 unspecified atom stereocenters. The van der Waals surface area contributed by atoms with E-state index in [1.807, 2.05) is 25.1 Å². The molecule has 1 rings (SSSR count). The van der Waals surface area contributed by atoms with Gasteiger partial charge in [-0.15, -0.1) is 11.8 Å². The molecule has 0 aromatic heterocycles. The van der Waals surface area contributed by atoms with Crippen molar-refractivity contribution in [2.24, 2.45) is 0 Å². The van der Waals surface area contributed by atoms with Gasteiger partial charge in [-0.25, -0.2) is 0 Å². The molecule has 2 heteroatoms. The second-order valence-corrected chi connectivity index (χ2v) is 4.48. The monoisotopic (exact) mass is 249 g/mol. The highest BCUT2D eigenvalue weighted by atomic mass is 35.5. The number of hydrogen-bond donors (Lipinski definition) is 1. The summed E-state index contributed by atoms with van der Waals surface area (Å²) >= 11 is 6.17. The van der Waals surface area contributed by atoms with Gasteiger partial charge in [-0.05, 0) is 37.9 Å². The van der Waals surface area contributed by atoms with E-state index in [0.717, 1.165) is 30.8 Å². The molecule has 17 heavy (non-hydrogen) atoms. The van der Waals surface area contributed by atoms with Gasteiger partial charge in [0.1, 0.15) is 0 Å². The van der Waals surface area contributed by atoms with Gasteiger partial charge in [0.15, 0.2) is 0 Å². The van der Waals surface area contributed by atoms with Gasteiger partial charge in [-0.1, -0.05) is 36.7 Å². The van der Waals surface area contributed by atoms with Crippen LogP contribution in [-0.2, 0) is 6.42 Å². The minimum Gasteiger partial charge on any atom is -0.313 e. The number of rotatable bonds is 6. The van der Waals surface area contributed by atoms with Crippen LogP contribution in [0, 0.1) is 11.8 Å². The highest BCUT2D eigenvalue weighted by Crippen LogP contribution is 2.17. The van der Waals surface area contributed by atoms with Crippen LogP contribution in [0.15, 0.2) is 24.3 Å². The zero-order valence-corrected chi connectivity index (χ0v) is 11.3. The third-order valence-corrected chi connectivity index (χ3v) is 3.00. The van der Waals surface area contributed by atoms with Crippen molar-refractivity contribution in [3.8, 4) is 11.8 Å². The van der Waals surface area contributed by atoms with Crippen LogP contribution in [0.1, 0.15) is 32.3 Å². The highest BCUT2D eigenvalue weighted by molar-refractivity contribution is 6.31. The quantitative estimate of drug-likeness (QED) is 0.759. The van der Waals surface area contributed by atoms with E-state index in [2.05, 4.69) is 30.1 Å². The number of nitrogens with one attached hydrogen (secondary N) is 1. The van der Waals surface area contributed by atoms with Gasteiger partial charge < -0.3 is 5.32 Å². The Morgan fingerprint density at radius 3 is 2.76 bits per heavy atom. The summed E-state index contributed by atoms with van der Waals surface area (Å²) in [5.74, 6) is 6.09. The molecule has 1 aromatic rings. The smallest absolute Gasteiger partial charge is 0.0438 e. The lowest BCUT2D eigenvalue weighted by Crippen LogP contribution is -2.31. The lowest BCUT2D eigenvalue weighted by Gasteiger charge is -2.16. The van der Waals surface area contributed by atoms with Crippen LogP contribution in [-0.4, -0.2) is 12.6 Å². The summed E-state index contributed by atoms with van der Waals surface area (Å²) in [4.78, 5) is 0. The first kappa shape index (κ1) is 14.1. The molecule has 0 amide bonds. The van der Waals surface area contributed by atoms with Crippen molar-refractivity contribution in [3.05, 3.63) is 34.9 Å². The SMILES string of the molecule is CC#CCC(Cc1ccccc1Cl)NCCC. The summed E-state index contributed by atoms with van der Waals surface area (Å²) in [5, 5.41) is 4.37. The first-order valence-corrected chi connectivity index (χ1v) is 6.52. The number of hydrogen-bond acceptors (Lipinski definition) is 1. The Bertz CT molecular complexity index is 389. The van der Waals surface area contributed by atoms with E-state index in [4.69, 9.17) is 11.6 Å². The molecular formula is C15H20ClN. The van der Waals surface area contributed by atoms with Crippen molar-refractivity contribution < 1.29 is 0 Å². The lowest BCUT2D eigenvalue weighted by atomic mass is 10.0. The fourth-order valence-corrected chi connectivity index (χ4v) is 1.93. The molecule has 92 valence electrons. The fraction of sp³-hybridized carbons (Fsp3) is 0.467. The Morgan fingerprint density at radius 2 is 2.12 bits per heavy atom. The van der Waals surface area contributed by atoms with Crippen LogP contribution in [0.2, 0.25) is 5.02 Å². The number of benzene rings is 1. The summed E-state index contributed by atoms with van der Waals surface area (Å²) in [5.41, 5.74) is 1.20. The van der Waals surface area contributed by atoms with Crippen molar-refractivity contribution in [2.45, 2.75) is 39.2 Å². The van der Waals surface area contributed by atoms with E-state index < -0.39 is 0 Å². The number of halogens is 1. The predicted molar refractivity (Wildman–Crippen MR) is 75.3 cm³/mol. The second-order valence-electron chi connectivity index (χ2n) is 4.08. The molecule has 0 saturated carbocycles. The van der Waals surface area contributed by atoms with Gasteiger partial charge in [0, 0.05) is 17.5 Å². The highest BCUT2D eigenvalue weighted by Gasteiger charge is 2.09. The van der Waals surface area contributed by atoms with Gasteiger partial charge in [-0.2, -0.15) is 0 Å². The average Bonchev–Trinajstić information content (AvgIpc) is 2.35. The minimum atomic E-state index is 0.391. The van der Waals surface area contributed by atoms with E-state index in [-0.39, 0.29) is 0 Å². The normalized spacial score (nSPS) is 11.7. The van der Waals surface area contributed by atoms with E-state index in [1.165, 1.54) is 5.56 Å². The first-order valence-electron chi connectivity index (χ1n) is 6.14. The third kappa shape index (κ3) is 5.26. The molecule has 0 radical (unpaired) electrons. The Morgan fingerprint density at radius 1 is 1.35 bits per heavy atom. The van der Waals surface area contributed by atoms with Gasteiger partial charge in [0.25, 0.3) is 0 Å². The molecule has 0 aliphatic heterocycles. The molecule has 1 nitrogen and oxygen atoms in total. The zero-order chi connectivity index (χ0) is 12.5. The molecule has 0 heterocycles. The van der Waals surface area contributed by atoms with Crippen LogP contribution in [0.25, 0.3) is 0 Å². The van der Waals surface area contributed by atoms with Gasteiger partial charge in [0.05, 0.1) is 0 Å². The van der Waals surface area contributed by atoms with E-state index in [0.29, 0.717) is 6.04 Å². The summed E-state index contributed by atoms with van der Waals surface area (Å²) in [7, 11) is 0. The summed E-state index contributed by atoms with van der Waals surface area (Å²) < 4.78 is 0. The van der Waals surface area contributed by atoms with Crippen LogP contribution >= 0.6 is 11.6 Å². The maximum Gasteiger partial charge on any atom is 0.0438 e. The maximum absolute atomic E-state index is 6.17. The van der Waals surface area contributed by atoms with E-state index in [1.54, 1.807) is 0 Å². The van der Waals surface area contributed by atoms with Crippen molar-refractivity contribution >= 4 is 11.6 Å². The van der Waals surface area contributed by atoms with Crippen LogP contribution in [0.4, 0.5) is 0 Å². The third-order valence-electron chi connectivity index (χ3n) is 2.63. The molecule has 0 saturated heterocycles. The largest absolute Gasteiger partial charge is 0.313 e. The second kappa shape index (κ2) is 8.17. The minimum absolute atomic E-state index is 0.391. The first-order chi connectivity index (χ1) is 8.27. The zero-order valence-electron chi connectivity index (χ0n) is 10.6. The Balaban J connectivity index is 2.63. The molecule has 1 N–H and O–H groups in total. The molecule has 0 aliphatic rings. The van der Waals surface area contributed by atoms with Crippen molar-refractivity contribution in [2.75, 3.05) is 6.54 Å². The molecule has 0 fully saturated rings. The Hall–Kier alpha value is -0.970. The Kier molecular flexibility index (Phi) is 6.77. The molecule has 1 aromatic carbocycles. The van der Waals surface area contributed by atoms with Gasteiger partial charge >= 0.3 is 0 Å². The summed E-state index contributed by atoms with van der Waals surface area (Å²) in [6.45, 7) is 5.08. The topological polar surface area (TPSA) is 12.0 Å². The van der Waals surface area contributed by atoms with Crippen LogP contribution in [0.3, 0.4) is 0 Å². The van der Waals surface area contributed by atoms with Crippen molar-refractivity contribution in [1.29, 1.82) is 0 Å². The van der Waals surface area contributed by atoms with E-state index >= 15 is 0 Å². The van der Waals surface area contributed by atoms with Crippen LogP contribution in [0.5, 0.6) is 0 Å². The van der Waals surface area contributed by atoms with Crippen molar-refractivity contribution in [1.82, 2.24) is 5.32 Å². The van der Waals surface area contributed by atoms with Crippen molar-refractivity contribution in [3.63, 3.8) is 0 Å². The summed E-state index contributed by atoms with van der Waals surface area (Å²) in [6.07, 6.45) is 2.95. The molecule has 0 bridgehead atoms. The van der Waals surface area contributed by atoms with E-state index in [9.17, 15) is 0 Å². The molecular weight excluding hydrogens is 230 g/mol. The van der Waals surface area contributed by atoms with Crippen LogP contribution < -0.4 is 5.32 Å². The molecule has 0 spiro atoms. The standard InChI is InChI=1S/C15H20ClN/c1-3-5-9-14(17-11-4-2)12-13-8-6-7-10-15(13)16/h6-8,10,14,17H,4,9,11-12H2,1-2H3. The van der Waals surface area contributed by atoms with Gasteiger partial charge in [0.2, 0.25) is 0 Å². The lowest BCUT2D eigenvalue weighted by molar-refractivity contribution is 0.517. The maximum atomic E-state index is 6.17. The molecule has 0 aliphatic carbocycles. The van der Waals surface area contributed by atoms with Gasteiger partial charge in [-0.3, -0.25) is 0 Å². The molecule has 1 atom stereocenters. The fourth-order valence-electron chi connectivity index (χ4n) is 1.72. The Labute approximate surface area is 110 Å². The predicted octanol–water partition coefficient (Wildman–Crippen LogP) is 3.66.